The Morgan fingerprint density at radius 2 is 2.33 bits per heavy atom. The van der Waals surface area contributed by atoms with Crippen molar-refractivity contribution < 1.29 is 0 Å². The van der Waals surface area contributed by atoms with Gasteiger partial charge in [-0.3, -0.25) is 9.67 Å². The Balaban J connectivity index is 2.20. The van der Waals surface area contributed by atoms with E-state index in [1.165, 1.54) is 5.56 Å². The molecule has 0 fully saturated rings. The van der Waals surface area contributed by atoms with Gasteiger partial charge in [0.05, 0.1) is 23.0 Å². The van der Waals surface area contributed by atoms with Crippen molar-refractivity contribution in [2.24, 2.45) is 7.05 Å². The molecule has 0 radical (unpaired) electrons. The first-order chi connectivity index (χ1) is 8.70. The van der Waals surface area contributed by atoms with Crippen molar-refractivity contribution in [3.63, 3.8) is 0 Å². The Hall–Kier alpha value is -1.39. The Bertz CT molecular complexity index is 509. The predicted octanol–water partition coefficient (Wildman–Crippen LogP) is 2.36. The largest absolute Gasteiger partial charge is 0.309 e. The molecule has 1 atom stereocenters. The van der Waals surface area contributed by atoms with E-state index in [4.69, 9.17) is 11.6 Å². The smallest absolute Gasteiger partial charge is 0.0762 e. The number of hydrogen-bond acceptors (Lipinski definition) is 3. The van der Waals surface area contributed by atoms with Crippen molar-refractivity contribution in [1.82, 2.24) is 20.1 Å². The lowest BCUT2D eigenvalue weighted by molar-refractivity contribution is 0.537. The van der Waals surface area contributed by atoms with Gasteiger partial charge in [-0.05, 0) is 30.7 Å². The highest BCUT2D eigenvalue weighted by molar-refractivity contribution is 6.31. The molecule has 96 valence electrons. The molecule has 0 bridgehead atoms. The van der Waals surface area contributed by atoms with Crippen LogP contribution < -0.4 is 5.32 Å². The summed E-state index contributed by atoms with van der Waals surface area (Å²) in [5.74, 6) is 0. The Morgan fingerprint density at radius 3 is 2.94 bits per heavy atom. The molecule has 0 aromatic carbocycles. The number of aromatic nitrogens is 3. The molecule has 1 N–H and O–H groups in total. The topological polar surface area (TPSA) is 42.7 Å². The fourth-order valence-corrected chi connectivity index (χ4v) is 2.23. The van der Waals surface area contributed by atoms with Crippen LogP contribution in [0, 0.1) is 0 Å². The van der Waals surface area contributed by atoms with E-state index in [2.05, 4.69) is 22.3 Å². The number of pyridine rings is 1. The molecule has 0 aliphatic carbocycles. The zero-order chi connectivity index (χ0) is 13.0. The summed E-state index contributed by atoms with van der Waals surface area (Å²) >= 11 is 6.20. The van der Waals surface area contributed by atoms with Gasteiger partial charge in [0, 0.05) is 19.4 Å². The lowest BCUT2D eigenvalue weighted by Gasteiger charge is -2.17. The van der Waals surface area contributed by atoms with Crippen molar-refractivity contribution in [2.75, 3.05) is 6.54 Å². The molecular formula is C13H17ClN4. The lowest BCUT2D eigenvalue weighted by atomic mass is 10.1. The molecule has 0 amide bonds. The molecule has 0 aliphatic rings. The van der Waals surface area contributed by atoms with Crippen molar-refractivity contribution in [3.05, 3.63) is 47.0 Å². The fraction of sp³-hybridized carbons (Fsp3) is 0.385. The van der Waals surface area contributed by atoms with E-state index >= 15 is 0 Å². The van der Waals surface area contributed by atoms with Crippen LogP contribution in [0.4, 0.5) is 0 Å². The van der Waals surface area contributed by atoms with Gasteiger partial charge >= 0.3 is 0 Å². The average molecular weight is 265 g/mol. The molecule has 0 aliphatic heterocycles. The third kappa shape index (κ3) is 3.09. The Kier molecular flexibility index (Phi) is 4.33. The molecule has 1 unspecified atom stereocenters. The van der Waals surface area contributed by atoms with Crippen molar-refractivity contribution in [1.29, 1.82) is 0 Å². The van der Waals surface area contributed by atoms with Crippen LogP contribution in [0.3, 0.4) is 0 Å². The number of aryl methyl sites for hydroxylation is 1. The van der Waals surface area contributed by atoms with Gasteiger partial charge in [-0.1, -0.05) is 18.5 Å². The summed E-state index contributed by atoms with van der Waals surface area (Å²) in [7, 11) is 1.92. The second-order valence-electron chi connectivity index (χ2n) is 4.21. The summed E-state index contributed by atoms with van der Waals surface area (Å²) in [5.41, 5.74) is 2.06. The van der Waals surface area contributed by atoms with Crippen LogP contribution in [0.25, 0.3) is 0 Å². The standard InChI is InChI=1S/C13H17ClN4/c1-3-15-12(7-10-8-17-18(2)9-10)13-11(14)5-4-6-16-13/h4-6,8-9,12,15H,3,7H2,1-2H3. The Morgan fingerprint density at radius 1 is 1.50 bits per heavy atom. The summed E-state index contributed by atoms with van der Waals surface area (Å²) in [6, 6.07) is 3.84. The molecule has 4 nitrogen and oxygen atoms in total. The normalized spacial score (nSPS) is 12.6. The molecule has 0 saturated heterocycles. The number of nitrogens with one attached hydrogen (secondary N) is 1. The zero-order valence-electron chi connectivity index (χ0n) is 10.6. The fourth-order valence-electron chi connectivity index (χ4n) is 1.98. The molecule has 18 heavy (non-hydrogen) atoms. The highest BCUT2D eigenvalue weighted by Gasteiger charge is 2.16. The molecule has 2 aromatic rings. The Labute approximate surface area is 112 Å². The first kappa shape index (κ1) is 13.1. The van der Waals surface area contributed by atoms with Crippen LogP contribution in [-0.2, 0) is 13.5 Å². The van der Waals surface area contributed by atoms with E-state index < -0.39 is 0 Å². The first-order valence-electron chi connectivity index (χ1n) is 6.02. The maximum absolute atomic E-state index is 6.20. The number of likely N-dealkylation sites (N-methyl/N-ethyl adjacent to an activating group) is 1. The van der Waals surface area contributed by atoms with Crippen molar-refractivity contribution in [2.45, 2.75) is 19.4 Å². The highest BCUT2D eigenvalue weighted by Crippen LogP contribution is 2.23. The van der Waals surface area contributed by atoms with E-state index in [1.807, 2.05) is 31.6 Å². The van der Waals surface area contributed by atoms with E-state index in [9.17, 15) is 0 Å². The molecule has 0 saturated carbocycles. The third-order valence-corrected chi connectivity index (χ3v) is 3.09. The SMILES string of the molecule is CCNC(Cc1cnn(C)c1)c1ncccc1Cl. The van der Waals surface area contributed by atoms with Crippen LogP contribution >= 0.6 is 11.6 Å². The summed E-state index contributed by atoms with van der Waals surface area (Å²) < 4.78 is 1.80. The second-order valence-corrected chi connectivity index (χ2v) is 4.61. The van der Waals surface area contributed by atoms with E-state index in [0.29, 0.717) is 5.02 Å². The summed E-state index contributed by atoms with van der Waals surface area (Å²) in [5, 5.41) is 8.30. The van der Waals surface area contributed by atoms with Gasteiger partial charge in [-0.2, -0.15) is 5.10 Å². The van der Waals surface area contributed by atoms with Crippen molar-refractivity contribution >= 4 is 11.6 Å². The van der Waals surface area contributed by atoms with Crippen LogP contribution in [-0.4, -0.2) is 21.3 Å². The quantitative estimate of drug-likeness (QED) is 0.902. The molecule has 0 spiro atoms. The summed E-state index contributed by atoms with van der Waals surface area (Å²) in [4.78, 5) is 4.38. The zero-order valence-corrected chi connectivity index (χ0v) is 11.4. The van der Waals surface area contributed by atoms with E-state index in [-0.39, 0.29) is 6.04 Å². The third-order valence-electron chi connectivity index (χ3n) is 2.77. The second kappa shape index (κ2) is 5.98. The first-order valence-corrected chi connectivity index (χ1v) is 6.39. The van der Waals surface area contributed by atoms with Gasteiger partial charge in [0.15, 0.2) is 0 Å². The van der Waals surface area contributed by atoms with Gasteiger partial charge in [-0.25, -0.2) is 0 Å². The van der Waals surface area contributed by atoms with Crippen molar-refractivity contribution in [3.8, 4) is 0 Å². The summed E-state index contributed by atoms with van der Waals surface area (Å²) in [6.45, 7) is 2.95. The minimum atomic E-state index is 0.118. The maximum Gasteiger partial charge on any atom is 0.0762 e. The molecule has 2 aromatic heterocycles. The van der Waals surface area contributed by atoms with Gasteiger partial charge in [0.1, 0.15) is 0 Å². The number of rotatable bonds is 5. The maximum atomic E-state index is 6.20. The summed E-state index contributed by atoms with van der Waals surface area (Å²) in [6.07, 6.45) is 6.50. The lowest BCUT2D eigenvalue weighted by Crippen LogP contribution is -2.24. The van der Waals surface area contributed by atoms with Gasteiger partial charge in [0.25, 0.3) is 0 Å². The monoisotopic (exact) mass is 264 g/mol. The minimum Gasteiger partial charge on any atom is -0.309 e. The van der Waals surface area contributed by atoms with Crippen LogP contribution in [0.15, 0.2) is 30.7 Å². The highest BCUT2D eigenvalue weighted by atomic mass is 35.5. The van der Waals surface area contributed by atoms with Crippen LogP contribution in [0.2, 0.25) is 5.02 Å². The van der Waals surface area contributed by atoms with E-state index in [0.717, 1.165) is 18.7 Å². The van der Waals surface area contributed by atoms with Gasteiger partial charge < -0.3 is 5.32 Å². The number of nitrogens with zero attached hydrogens (tertiary/aromatic N) is 3. The molecule has 2 rings (SSSR count). The van der Waals surface area contributed by atoms with Gasteiger partial charge in [0.2, 0.25) is 0 Å². The molecule has 5 heteroatoms. The van der Waals surface area contributed by atoms with Crippen LogP contribution in [0.5, 0.6) is 0 Å². The molecular weight excluding hydrogens is 248 g/mol. The van der Waals surface area contributed by atoms with E-state index in [1.54, 1.807) is 10.9 Å². The average Bonchev–Trinajstić information content (AvgIpc) is 2.75. The predicted molar refractivity (Wildman–Crippen MR) is 72.6 cm³/mol. The minimum absolute atomic E-state index is 0.118. The molecule has 2 heterocycles. The van der Waals surface area contributed by atoms with Crippen LogP contribution in [0.1, 0.15) is 24.2 Å². The number of halogens is 1. The number of hydrogen-bond donors (Lipinski definition) is 1. The van der Waals surface area contributed by atoms with Gasteiger partial charge in [-0.15, -0.1) is 0 Å².